The molecule has 0 spiro atoms. The van der Waals surface area contributed by atoms with Crippen LogP contribution < -0.4 is 0 Å². The quantitative estimate of drug-likeness (QED) is 0.864. The Morgan fingerprint density at radius 3 is 2.52 bits per heavy atom. The van der Waals surface area contributed by atoms with Crippen molar-refractivity contribution < 1.29 is 14.6 Å². The normalized spacial score (nSPS) is 30.1. The molecule has 0 saturated carbocycles. The number of benzene rings is 1. The zero-order chi connectivity index (χ0) is 14.8. The van der Waals surface area contributed by atoms with Gasteiger partial charge in [-0.1, -0.05) is 30.3 Å². The third kappa shape index (κ3) is 3.27. The fourth-order valence-electron chi connectivity index (χ4n) is 3.64. The van der Waals surface area contributed by atoms with Crippen molar-refractivity contribution in [2.45, 2.75) is 56.4 Å². The lowest BCUT2D eigenvalue weighted by Crippen LogP contribution is -2.43. The van der Waals surface area contributed by atoms with Gasteiger partial charge in [0.05, 0.1) is 12.5 Å². The smallest absolute Gasteiger partial charge is 0.309 e. The molecule has 4 heteroatoms. The number of nitrogens with zero attached hydrogens (tertiary/aromatic N) is 1. The molecule has 2 aliphatic rings. The van der Waals surface area contributed by atoms with Crippen LogP contribution in [0.1, 0.15) is 43.8 Å². The molecule has 0 amide bonds. The summed E-state index contributed by atoms with van der Waals surface area (Å²) in [5, 5.41) is 10.1. The van der Waals surface area contributed by atoms with E-state index >= 15 is 0 Å². The van der Waals surface area contributed by atoms with Gasteiger partial charge in [0.2, 0.25) is 0 Å². The third-order valence-electron chi connectivity index (χ3n) is 4.90. The minimum atomic E-state index is -0.776. The van der Waals surface area contributed by atoms with E-state index < -0.39 is 6.10 Å². The Morgan fingerprint density at radius 2 is 1.90 bits per heavy atom. The van der Waals surface area contributed by atoms with E-state index in [1.54, 1.807) is 0 Å². The highest BCUT2D eigenvalue weighted by molar-refractivity contribution is 5.70. The van der Waals surface area contributed by atoms with Crippen molar-refractivity contribution in [1.82, 2.24) is 4.90 Å². The van der Waals surface area contributed by atoms with Gasteiger partial charge in [0.15, 0.2) is 0 Å². The molecule has 114 valence electrons. The Kier molecular flexibility index (Phi) is 4.27. The molecular formula is C17H23NO3. The van der Waals surface area contributed by atoms with Crippen LogP contribution in [0.3, 0.4) is 0 Å². The van der Waals surface area contributed by atoms with Crippen LogP contribution in [-0.2, 0) is 9.53 Å². The maximum absolute atomic E-state index is 12.0. The van der Waals surface area contributed by atoms with Crippen molar-refractivity contribution in [3.8, 4) is 0 Å². The van der Waals surface area contributed by atoms with Crippen molar-refractivity contribution in [1.29, 1.82) is 0 Å². The minimum absolute atomic E-state index is 0.0224. The highest BCUT2D eigenvalue weighted by Crippen LogP contribution is 2.35. The second kappa shape index (κ2) is 6.16. The summed E-state index contributed by atoms with van der Waals surface area (Å²) in [5.41, 5.74) is 0.762. The van der Waals surface area contributed by atoms with Crippen LogP contribution in [-0.4, -0.2) is 41.2 Å². The highest BCUT2D eigenvalue weighted by Gasteiger charge is 2.39. The maximum atomic E-state index is 12.0. The molecule has 0 radical (unpaired) electrons. The summed E-state index contributed by atoms with van der Waals surface area (Å²) >= 11 is 0. The van der Waals surface area contributed by atoms with Gasteiger partial charge in [0.1, 0.15) is 6.10 Å². The van der Waals surface area contributed by atoms with Gasteiger partial charge in [-0.05, 0) is 38.3 Å². The summed E-state index contributed by atoms with van der Waals surface area (Å²) in [6, 6.07) is 10.4. The monoisotopic (exact) mass is 289 g/mol. The topological polar surface area (TPSA) is 49.8 Å². The summed E-state index contributed by atoms with van der Waals surface area (Å²) in [6.07, 6.45) is 3.56. The molecule has 0 aromatic heterocycles. The molecule has 2 heterocycles. The molecule has 0 aliphatic carbocycles. The first-order valence-corrected chi connectivity index (χ1v) is 7.78. The van der Waals surface area contributed by atoms with Crippen molar-refractivity contribution in [3.05, 3.63) is 35.9 Å². The summed E-state index contributed by atoms with van der Waals surface area (Å²) in [7, 11) is 2.17. The number of esters is 1. The Morgan fingerprint density at radius 1 is 1.29 bits per heavy atom. The van der Waals surface area contributed by atoms with Gasteiger partial charge in [-0.3, -0.25) is 4.79 Å². The summed E-state index contributed by atoms with van der Waals surface area (Å²) in [6.45, 7) is 0. The first kappa shape index (κ1) is 14.5. The second-order valence-corrected chi connectivity index (χ2v) is 6.26. The molecular weight excluding hydrogens is 266 g/mol. The highest BCUT2D eigenvalue weighted by atomic mass is 16.5. The van der Waals surface area contributed by atoms with Gasteiger partial charge in [-0.15, -0.1) is 0 Å². The van der Waals surface area contributed by atoms with E-state index in [9.17, 15) is 9.90 Å². The number of piperidine rings is 1. The Hall–Kier alpha value is -1.39. The number of rotatable bonds is 4. The van der Waals surface area contributed by atoms with E-state index in [0.29, 0.717) is 12.1 Å². The molecule has 2 aliphatic heterocycles. The number of ether oxygens (including phenoxy) is 1. The lowest BCUT2D eigenvalue weighted by Gasteiger charge is -2.35. The molecule has 3 unspecified atom stereocenters. The van der Waals surface area contributed by atoms with Gasteiger partial charge < -0.3 is 14.7 Å². The van der Waals surface area contributed by atoms with Crippen LogP contribution in [0.25, 0.3) is 0 Å². The SMILES string of the molecule is CN1C2CCC1CC(OC(=O)CC(O)c1ccccc1)C2. The lowest BCUT2D eigenvalue weighted by atomic mass is 10.0. The van der Waals surface area contributed by atoms with E-state index in [0.717, 1.165) is 18.4 Å². The van der Waals surface area contributed by atoms with E-state index in [-0.39, 0.29) is 18.5 Å². The van der Waals surface area contributed by atoms with Gasteiger partial charge in [-0.2, -0.15) is 0 Å². The van der Waals surface area contributed by atoms with Gasteiger partial charge >= 0.3 is 5.97 Å². The van der Waals surface area contributed by atoms with Crippen LogP contribution in [0.5, 0.6) is 0 Å². The van der Waals surface area contributed by atoms with Gasteiger partial charge in [-0.25, -0.2) is 0 Å². The molecule has 1 aromatic carbocycles. The van der Waals surface area contributed by atoms with Crippen LogP contribution in [0, 0.1) is 0 Å². The van der Waals surface area contributed by atoms with Crippen LogP contribution in [0.15, 0.2) is 30.3 Å². The summed E-state index contributed by atoms with van der Waals surface area (Å²) < 4.78 is 5.59. The van der Waals surface area contributed by atoms with E-state index in [1.165, 1.54) is 12.8 Å². The molecule has 1 N–H and O–H groups in total. The third-order valence-corrected chi connectivity index (χ3v) is 4.90. The fraction of sp³-hybridized carbons (Fsp3) is 0.588. The Balaban J connectivity index is 1.51. The zero-order valence-electron chi connectivity index (χ0n) is 12.4. The molecule has 2 saturated heterocycles. The molecule has 21 heavy (non-hydrogen) atoms. The van der Waals surface area contributed by atoms with E-state index in [2.05, 4.69) is 11.9 Å². The predicted octanol–water partition coefficient (Wildman–Crippen LogP) is 2.28. The van der Waals surface area contributed by atoms with Gasteiger partial charge in [0, 0.05) is 12.1 Å². The lowest BCUT2D eigenvalue weighted by molar-refractivity contribution is -0.154. The first-order chi connectivity index (χ1) is 10.1. The van der Waals surface area contributed by atoms with Crippen molar-refractivity contribution >= 4 is 5.97 Å². The van der Waals surface area contributed by atoms with Crippen molar-refractivity contribution in [2.75, 3.05) is 7.05 Å². The summed E-state index contributed by atoms with van der Waals surface area (Å²) in [4.78, 5) is 14.4. The Labute approximate surface area is 125 Å². The van der Waals surface area contributed by atoms with Gasteiger partial charge in [0.25, 0.3) is 0 Å². The average molecular weight is 289 g/mol. The largest absolute Gasteiger partial charge is 0.462 e. The second-order valence-electron chi connectivity index (χ2n) is 6.26. The molecule has 2 bridgehead atoms. The number of hydrogen-bond acceptors (Lipinski definition) is 4. The molecule has 3 rings (SSSR count). The zero-order valence-corrected chi connectivity index (χ0v) is 12.4. The molecule has 1 aromatic rings. The number of aliphatic hydroxyl groups excluding tert-OH is 1. The van der Waals surface area contributed by atoms with E-state index in [1.807, 2.05) is 30.3 Å². The average Bonchev–Trinajstić information content (AvgIpc) is 2.70. The number of aliphatic hydroxyl groups is 1. The molecule has 2 fully saturated rings. The van der Waals surface area contributed by atoms with Crippen LogP contribution in [0.2, 0.25) is 0 Å². The number of carbonyl (C=O) groups is 1. The number of hydrogen-bond donors (Lipinski definition) is 1. The maximum Gasteiger partial charge on any atom is 0.309 e. The van der Waals surface area contributed by atoms with Crippen LogP contribution in [0.4, 0.5) is 0 Å². The fourth-order valence-corrected chi connectivity index (χ4v) is 3.64. The number of fused-ring (bicyclic) bond motifs is 2. The standard InChI is InChI=1S/C17H23NO3/c1-18-13-7-8-14(18)10-15(9-13)21-17(20)11-16(19)12-5-3-2-4-6-12/h2-6,13-16,19H,7-11H2,1H3. The van der Waals surface area contributed by atoms with Crippen LogP contribution >= 0.6 is 0 Å². The Bertz CT molecular complexity index is 476. The molecule has 4 nitrogen and oxygen atoms in total. The van der Waals surface area contributed by atoms with E-state index in [4.69, 9.17) is 4.74 Å². The molecule has 3 atom stereocenters. The number of carbonyl (C=O) groups excluding carboxylic acids is 1. The van der Waals surface area contributed by atoms with Crippen molar-refractivity contribution in [2.24, 2.45) is 0 Å². The van der Waals surface area contributed by atoms with Crippen molar-refractivity contribution in [3.63, 3.8) is 0 Å². The summed E-state index contributed by atoms with van der Waals surface area (Å²) in [5.74, 6) is -0.291. The minimum Gasteiger partial charge on any atom is -0.462 e. The predicted molar refractivity (Wildman–Crippen MR) is 79.7 cm³/mol. The first-order valence-electron chi connectivity index (χ1n) is 7.78.